The Bertz CT molecular complexity index is 718. The first kappa shape index (κ1) is 19.8. The Morgan fingerprint density at radius 3 is 2.56 bits per heavy atom. The van der Waals surface area contributed by atoms with Crippen molar-refractivity contribution in [3.63, 3.8) is 0 Å². The first-order valence-electron chi connectivity index (χ1n) is 9.16. The van der Waals surface area contributed by atoms with E-state index in [0.717, 1.165) is 4.90 Å². The van der Waals surface area contributed by atoms with E-state index in [1.807, 2.05) is 0 Å². The maximum Gasteiger partial charge on any atom is 0.352 e. The minimum Gasteiger partial charge on any atom is -0.477 e. The van der Waals surface area contributed by atoms with Crippen LogP contribution in [0.1, 0.15) is 26.7 Å². The summed E-state index contributed by atoms with van der Waals surface area (Å²) in [5.41, 5.74) is -1.47. The minimum absolute atomic E-state index is 0.0214. The van der Waals surface area contributed by atoms with E-state index in [1.165, 1.54) is 11.8 Å². The van der Waals surface area contributed by atoms with Gasteiger partial charge in [-0.2, -0.15) is 0 Å². The lowest BCUT2D eigenvalue weighted by Gasteiger charge is -2.52. The molecule has 27 heavy (non-hydrogen) atoms. The normalized spacial score (nSPS) is 36.5. The number of carbonyl (C=O) groups excluding carboxylic acids is 2. The Labute approximate surface area is 157 Å². The van der Waals surface area contributed by atoms with E-state index in [9.17, 15) is 29.7 Å². The first-order chi connectivity index (χ1) is 12.5. The fourth-order valence-electron chi connectivity index (χ4n) is 4.71. The molecule has 2 saturated heterocycles. The van der Waals surface area contributed by atoms with Crippen molar-refractivity contribution in [3.05, 3.63) is 11.3 Å². The molecule has 150 valence electrons. The maximum atomic E-state index is 12.4. The highest BCUT2D eigenvalue weighted by Crippen LogP contribution is 2.51. The van der Waals surface area contributed by atoms with Crippen LogP contribution in [-0.2, 0) is 14.4 Å². The van der Waals surface area contributed by atoms with Gasteiger partial charge in [0.25, 0.3) is 5.91 Å². The molecule has 3 aliphatic rings. The third-order valence-electron chi connectivity index (χ3n) is 6.17. The fraction of sp³-hybridized carbons (Fsp3) is 0.722. The number of carbonyl (C=O) groups is 3. The van der Waals surface area contributed by atoms with Crippen LogP contribution in [0.5, 0.6) is 0 Å². The maximum absolute atomic E-state index is 12.4. The van der Waals surface area contributed by atoms with Gasteiger partial charge in [0.2, 0.25) is 5.91 Å². The second-order valence-electron chi connectivity index (χ2n) is 8.09. The molecule has 2 amide bonds. The number of rotatable bonds is 5. The molecule has 0 aromatic rings. The summed E-state index contributed by atoms with van der Waals surface area (Å²) < 4.78 is 0. The predicted octanol–water partition coefficient (Wildman–Crippen LogP) is -1.25. The summed E-state index contributed by atoms with van der Waals surface area (Å²) in [7, 11) is 3.38. The van der Waals surface area contributed by atoms with Crippen LogP contribution in [0.3, 0.4) is 0 Å². The van der Waals surface area contributed by atoms with Gasteiger partial charge in [-0.15, -0.1) is 0 Å². The van der Waals surface area contributed by atoms with Gasteiger partial charge in [0.1, 0.15) is 5.70 Å². The van der Waals surface area contributed by atoms with Crippen molar-refractivity contribution < 1.29 is 29.7 Å². The second kappa shape index (κ2) is 6.57. The molecule has 3 heterocycles. The van der Waals surface area contributed by atoms with Gasteiger partial charge in [-0.3, -0.25) is 14.5 Å². The molecule has 0 aromatic carbocycles. The summed E-state index contributed by atoms with van der Waals surface area (Å²) in [6.07, 6.45) is -0.291. The molecule has 0 saturated carbocycles. The summed E-state index contributed by atoms with van der Waals surface area (Å²) in [6, 6.07) is -1.08. The Hall–Kier alpha value is -1.97. The van der Waals surface area contributed by atoms with E-state index in [1.54, 1.807) is 21.0 Å². The summed E-state index contributed by atoms with van der Waals surface area (Å²) in [5, 5.41) is 33.4. The predicted molar refractivity (Wildman–Crippen MR) is 94.3 cm³/mol. The van der Waals surface area contributed by atoms with Crippen molar-refractivity contribution in [2.45, 2.75) is 50.5 Å². The number of nitrogens with one attached hydrogen (secondary N) is 1. The molecular weight excluding hydrogens is 354 g/mol. The lowest BCUT2D eigenvalue weighted by Crippen LogP contribution is -2.77. The molecule has 4 N–H and O–H groups in total. The Kier molecular flexibility index (Phi) is 4.82. The number of carboxylic acids is 1. The Balaban J connectivity index is 1.82. The highest BCUT2D eigenvalue weighted by molar-refractivity contribution is 6.03. The number of nitrogens with zero attached hydrogens (tertiary/aromatic N) is 2. The summed E-state index contributed by atoms with van der Waals surface area (Å²) in [6.45, 7) is 3.68. The molecule has 9 heteroatoms. The lowest BCUT2D eigenvalue weighted by molar-refractivity contribution is -0.208. The van der Waals surface area contributed by atoms with Crippen molar-refractivity contribution in [1.29, 1.82) is 0 Å². The largest absolute Gasteiger partial charge is 0.477 e. The average Bonchev–Trinajstić information content (AvgIpc) is 3.15. The van der Waals surface area contributed by atoms with Gasteiger partial charge in [0.15, 0.2) is 5.60 Å². The topological polar surface area (TPSA) is 130 Å². The minimum atomic E-state index is -1.96. The smallest absolute Gasteiger partial charge is 0.352 e. The molecule has 3 aliphatic heterocycles. The molecular formula is C18H27N3O6. The SMILES string of the molecule is C[C@H]1C(C[C@@H]2CN[C@H](C(=O)N(C)C)C2)=C(C(=O)O)N2C(=O)[C@](O)([C@@H](C)O)[C@@H]12. The van der Waals surface area contributed by atoms with Gasteiger partial charge in [-0.05, 0) is 37.8 Å². The van der Waals surface area contributed by atoms with Crippen LogP contribution in [0.15, 0.2) is 11.3 Å². The zero-order valence-corrected chi connectivity index (χ0v) is 16.0. The number of aliphatic hydroxyl groups is 2. The van der Waals surface area contributed by atoms with Crippen molar-refractivity contribution in [2.24, 2.45) is 11.8 Å². The van der Waals surface area contributed by atoms with Crippen LogP contribution in [0.2, 0.25) is 0 Å². The summed E-state index contributed by atoms with van der Waals surface area (Å²) in [5.74, 6) is -2.35. The van der Waals surface area contributed by atoms with Gasteiger partial charge >= 0.3 is 5.97 Å². The van der Waals surface area contributed by atoms with Crippen molar-refractivity contribution in [1.82, 2.24) is 15.1 Å². The van der Waals surface area contributed by atoms with Gasteiger partial charge < -0.3 is 25.5 Å². The number of β-lactam (4-membered cyclic amide) rings is 1. The van der Waals surface area contributed by atoms with Gasteiger partial charge in [-0.1, -0.05) is 6.92 Å². The van der Waals surface area contributed by atoms with Crippen molar-refractivity contribution >= 4 is 17.8 Å². The van der Waals surface area contributed by atoms with Crippen molar-refractivity contribution in [2.75, 3.05) is 20.6 Å². The number of fused-ring (bicyclic) bond motifs is 1. The summed E-state index contributed by atoms with van der Waals surface area (Å²) >= 11 is 0. The molecule has 0 aromatic heterocycles. The Morgan fingerprint density at radius 2 is 2.04 bits per heavy atom. The van der Waals surface area contributed by atoms with Crippen LogP contribution in [0.25, 0.3) is 0 Å². The number of hydrogen-bond acceptors (Lipinski definition) is 6. The number of aliphatic hydroxyl groups excluding tert-OH is 1. The van der Waals surface area contributed by atoms with Crippen LogP contribution < -0.4 is 5.32 Å². The third kappa shape index (κ3) is 2.76. The monoisotopic (exact) mass is 381 g/mol. The standard InChI is InChI=1S/C18H27N3O6/c1-8-11(5-10-6-12(19-7-10)15(23)20(3)4)13(16(24)25)21-14(8)18(27,9(2)22)17(21)26/h8-10,12,14,19,22,27H,5-7H2,1-4H3,(H,24,25)/t8-,9+,10-,12-,14+,18-/m0/s1. The number of amides is 2. The molecule has 0 unspecified atom stereocenters. The van der Waals surface area contributed by atoms with E-state index < -0.39 is 35.5 Å². The first-order valence-corrected chi connectivity index (χ1v) is 9.16. The molecule has 3 rings (SSSR count). The van der Waals surface area contributed by atoms with Crippen molar-refractivity contribution in [3.8, 4) is 0 Å². The van der Waals surface area contributed by atoms with E-state index in [-0.39, 0.29) is 23.6 Å². The van der Waals surface area contributed by atoms with E-state index >= 15 is 0 Å². The van der Waals surface area contributed by atoms with Crippen LogP contribution >= 0.6 is 0 Å². The van der Waals surface area contributed by atoms with E-state index in [2.05, 4.69) is 5.32 Å². The molecule has 0 radical (unpaired) electrons. The lowest BCUT2D eigenvalue weighted by atomic mass is 9.73. The van der Waals surface area contributed by atoms with Gasteiger partial charge in [-0.25, -0.2) is 4.79 Å². The molecule has 0 aliphatic carbocycles. The average molecular weight is 381 g/mol. The summed E-state index contributed by atoms with van der Waals surface area (Å²) in [4.78, 5) is 39.0. The third-order valence-corrected chi connectivity index (χ3v) is 6.17. The Morgan fingerprint density at radius 1 is 1.41 bits per heavy atom. The number of carboxylic acid groups (broad SMARTS) is 1. The number of aliphatic carboxylic acids is 1. The van der Waals surface area contributed by atoms with Gasteiger partial charge in [0.05, 0.1) is 18.2 Å². The van der Waals surface area contributed by atoms with E-state index in [4.69, 9.17) is 0 Å². The molecule has 2 fully saturated rings. The number of likely N-dealkylation sites (N-methyl/N-ethyl adjacent to an activating group) is 1. The highest BCUT2D eigenvalue weighted by atomic mass is 16.4. The molecule has 0 bridgehead atoms. The van der Waals surface area contributed by atoms with Crippen LogP contribution in [0.4, 0.5) is 0 Å². The molecule has 9 nitrogen and oxygen atoms in total. The van der Waals surface area contributed by atoms with Gasteiger partial charge in [0, 0.05) is 20.0 Å². The fourth-order valence-corrected chi connectivity index (χ4v) is 4.71. The number of hydrogen-bond donors (Lipinski definition) is 4. The quantitative estimate of drug-likeness (QED) is 0.438. The van der Waals surface area contributed by atoms with Crippen LogP contribution in [0, 0.1) is 11.8 Å². The van der Waals surface area contributed by atoms with E-state index in [0.29, 0.717) is 25.0 Å². The molecule has 6 atom stereocenters. The molecule has 0 spiro atoms. The zero-order valence-electron chi connectivity index (χ0n) is 16.0. The zero-order chi connectivity index (χ0) is 20.3. The highest BCUT2D eigenvalue weighted by Gasteiger charge is 2.69. The van der Waals surface area contributed by atoms with Crippen LogP contribution in [-0.4, -0.2) is 87.3 Å². The second-order valence-corrected chi connectivity index (χ2v) is 8.09.